The Hall–Kier alpha value is -1.91. The first-order valence-corrected chi connectivity index (χ1v) is 8.43. The van der Waals surface area contributed by atoms with Gasteiger partial charge < -0.3 is 0 Å². The molecule has 4 heteroatoms. The third kappa shape index (κ3) is 2.98. The van der Waals surface area contributed by atoms with Crippen molar-refractivity contribution in [3.05, 3.63) is 59.8 Å². The highest BCUT2D eigenvalue weighted by Crippen LogP contribution is 2.27. The van der Waals surface area contributed by atoms with Gasteiger partial charge in [0.05, 0.1) is 11.4 Å². The van der Waals surface area contributed by atoms with E-state index in [1.54, 1.807) is 11.3 Å². The topological polar surface area (TPSA) is 20.5 Å². The highest BCUT2D eigenvalue weighted by atomic mass is 32.1. The Labute approximate surface area is 135 Å². The number of likely N-dealkylation sites (N-methyl/N-ethyl adjacent to an activating group) is 1. The van der Waals surface area contributed by atoms with Crippen molar-refractivity contribution < 1.29 is 0 Å². The zero-order valence-corrected chi connectivity index (χ0v) is 13.9. The van der Waals surface area contributed by atoms with E-state index in [-0.39, 0.29) is 0 Å². The second-order valence-corrected chi connectivity index (χ2v) is 6.46. The van der Waals surface area contributed by atoms with E-state index in [9.17, 15) is 0 Å². The standard InChI is InChI=1S/C18H21N3S/c1-4-20(12-14(2)3)13-16-17(15-8-6-5-7-9-15)19-18-21(16)10-11-22-18/h5-11H,2,4,12-13H2,1,3H3. The minimum Gasteiger partial charge on any atom is -0.294 e. The van der Waals surface area contributed by atoms with Gasteiger partial charge in [-0.2, -0.15) is 0 Å². The van der Waals surface area contributed by atoms with Crippen LogP contribution in [0.4, 0.5) is 0 Å². The predicted octanol–water partition coefficient (Wildman–Crippen LogP) is 4.46. The largest absolute Gasteiger partial charge is 0.294 e. The monoisotopic (exact) mass is 311 g/mol. The van der Waals surface area contributed by atoms with Gasteiger partial charge >= 0.3 is 0 Å². The summed E-state index contributed by atoms with van der Waals surface area (Å²) in [5, 5.41) is 2.09. The van der Waals surface area contributed by atoms with Crippen LogP contribution in [0.2, 0.25) is 0 Å². The van der Waals surface area contributed by atoms with Crippen LogP contribution < -0.4 is 0 Å². The number of hydrogen-bond donors (Lipinski definition) is 0. The van der Waals surface area contributed by atoms with Crippen LogP contribution >= 0.6 is 11.3 Å². The second kappa shape index (κ2) is 6.46. The van der Waals surface area contributed by atoms with Crippen LogP contribution in [-0.4, -0.2) is 27.4 Å². The maximum absolute atomic E-state index is 4.84. The quantitative estimate of drug-likeness (QED) is 0.626. The van der Waals surface area contributed by atoms with E-state index in [0.29, 0.717) is 0 Å². The first-order valence-electron chi connectivity index (χ1n) is 7.55. The molecule has 114 valence electrons. The Morgan fingerprint density at radius 3 is 2.77 bits per heavy atom. The number of rotatable bonds is 6. The van der Waals surface area contributed by atoms with Crippen LogP contribution in [0, 0.1) is 0 Å². The van der Waals surface area contributed by atoms with Crippen LogP contribution in [0.15, 0.2) is 54.1 Å². The Balaban J connectivity index is 2.02. The molecule has 0 saturated heterocycles. The molecular formula is C18H21N3S. The highest BCUT2D eigenvalue weighted by Gasteiger charge is 2.17. The molecule has 0 atom stereocenters. The van der Waals surface area contributed by atoms with Gasteiger partial charge in [-0.1, -0.05) is 49.4 Å². The molecule has 3 rings (SSSR count). The molecule has 3 nitrogen and oxygen atoms in total. The molecular weight excluding hydrogens is 290 g/mol. The Morgan fingerprint density at radius 1 is 1.32 bits per heavy atom. The van der Waals surface area contributed by atoms with Gasteiger partial charge in [0.15, 0.2) is 4.96 Å². The van der Waals surface area contributed by atoms with Gasteiger partial charge in [0.25, 0.3) is 0 Å². The van der Waals surface area contributed by atoms with Crippen molar-refractivity contribution in [2.24, 2.45) is 0 Å². The number of benzene rings is 1. The van der Waals surface area contributed by atoms with Gasteiger partial charge in [-0.15, -0.1) is 11.3 Å². The summed E-state index contributed by atoms with van der Waals surface area (Å²) in [5.74, 6) is 0. The summed E-state index contributed by atoms with van der Waals surface area (Å²) in [7, 11) is 0. The zero-order chi connectivity index (χ0) is 15.5. The van der Waals surface area contributed by atoms with Gasteiger partial charge in [0.1, 0.15) is 0 Å². The molecule has 0 N–H and O–H groups in total. The number of imidazole rings is 1. The van der Waals surface area contributed by atoms with Gasteiger partial charge in [-0.3, -0.25) is 9.30 Å². The van der Waals surface area contributed by atoms with E-state index in [0.717, 1.165) is 30.3 Å². The van der Waals surface area contributed by atoms with Crippen molar-refractivity contribution in [3.8, 4) is 11.3 Å². The van der Waals surface area contributed by atoms with Crippen molar-refractivity contribution in [1.82, 2.24) is 14.3 Å². The van der Waals surface area contributed by atoms with Crippen LogP contribution in [0.1, 0.15) is 19.5 Å². The van der Waals surface area contributed by atoms with Gasteiger partial charge in [0.2, 0.25) is 0 Å². The molecule has 0 unspecified atom stereocenters. The van der Waals surface area contributed by atoms with Crippen molar-refractivity contribution in [2.45, 2.75) is 20.4 Å². The second-order valence-electron chi connectivity index (χ2n) is 5.59. The Bertz CT molecular complexity index is 770. The summed E-state index contributed by atoms with van der Waals surface area (Å²) in [4.78, 5) is 8.30. The van der Waals surface area contributed by atoms with Crippen LogP contribution in [0.25, 0.3) is 16.2 Å². The fourth-order valence-corrected chi connectivity index (χ4v) is 3.42. The number of nitrogens with zero attached hydrogens (tertiary/aromatic N) is 3. The number of hydrogen-bond acceptors (Lipinski definition) is 3. The molecule has 0 saturated carbocycles. The van der Waals surface area contributed by atoms with E-state index in [2.05, 4.69) is 65.6 Å². The molecule has 0 aliphatic heterocycles. The summed E-state index contributed by atoms with van der Waals surface area (Å²) in [6.07, 6.45) is 2.11. The number of aromatic nitrogens is 2. The van der Waals surface area contributed by atoms with Crippen LogP contribution in [0.5, 0.6) is 0 Å². The molecule has 0 spiro atoms. The molecule has 0 aliphatic rings. The predicted molar refractivity (Wildman–Crippen MR) is 94.3 cm³/mol. The van der Waals surface area contributed by atoms with Crippen molar-refractivity contribution in [1.29, 1.82) is 0 Å². The molecule has 0 aliphatic carbocycles. The number of thiazole rings is 1. The minimum absolute atomic E-state index is 0.880. The molecule has 1 aromatic carbocycles. The van der Waals surface area contributed by atoms with Crippen molar-refractivity contribution in [3.63, 3.8) is 0 Å². The molecule has 2 heterocycles. The number of fused-ring (bicyclic) bond motifs is 1. The average Bonchev–Trinajstić information content (AvgIpc) is 3.09. The van der Waals surface area contributed by atoms with Gasteiger partial charge in [0, 0.05) is 30.2 Å². The lowest BCUT2D eigenvalue weighted by molar-refractivity contribution is 0.300. The van der Waals surface area contributed by atoms with Crippen molar-refractivity contribution in [2.75, 3.05) is 13.1 Å². The lowest BCUT2D eigenvalue weighted by atomic mass is 10.1. The van der Waals surface area contributed by atoms with Gasteiger partial charge in [-0.25, -0.2) is 4.98 Å². The van der Waals surface area contributed by atoms with Crippen LogP contribution in [0.3, 0.4) is 0 Å². The van der Waals surface area contributed by atoms with Crippen LogP contribution in [-0.2, 0) is 6.54 Å². The average molecular weight is 311 g/mol. The normalized spacial score (nSPS) is 11.4. The molecule has 0 fully saturated rings. The van der Waals surface area contributed by atoms with E-state index < -0.39 is 0 Å². The molecule has 3 aromatic rings. The molecule has 0 bridgehead atoms. The molecule has 2 aromatic heterocycles. The fourth-order valence-electron chi connectivity index (χ4n) is 2.68. The summed E-state index contributed by atoms with van der Waals surface area (Å²) in [6, 6.07) is 10.4. The van der Waals surface area contributed by atoms with Crippen molar-refractivity contribution >= 4 is 16.3 Å². The molecule has 0 radical (unpaired) electrons. The van der Waals surface area contributed by atoms with E-state index in [1.807, 2.05) is 6.07 Å². The fraction of sp³-hybridized carbons (Fsp3) is 0.278. The summed E-state index contributed by atoms with van der Waals surface area (Å²) in [5.41, 5.74) is 4.71. The van der Waals surface area contributed by atoms with E-state index in [1.165, 1.54) is 16.8 Å². The Morgan fingerprint density at radius 2 is 2.09 bits per heavy atom. The molecule has 0 amide bonds. The Kier molecular flexibility index (Phi) is 4.41. The lowest BCUT2D eigenvalue weighted by Crippen LogP contribution is -2.25. The lowest BCUT2D eigenvalue weighted by Gasteiger charge is -2.20. The van der Waals surface area contributed by atoms with E-state index in [4.69, 9.17) is 4.98 Å². The molecule has 22 heavy (non-hydrogen) atoms. The van der Waals surface area contributed by atoms with E-state index >= 15 is 0 Å². The van der Waals surface area contributed by atoms with Gasteiger partial charge in [-0.05, 0) is 13.5 Å². The summed E-state index contributed by atoms with van der Waals surface area (Å²) < 4.78 is 2.22. The highest BCUT2D eigenvalue weighted by molar-refractivity contribution is 7.15. The zero-order valence-electron chi connectivity index (χ0n) is 13.1. The summed E-state index contributed by atoms with van der Waals surface area (Å²) >= 11 is 1.68. The third-order valence-corrected chi connectivity index (χ3v) is 4.48. The smallest absolute Gasteiger partial charge is 0.194 e. The SMILES string of the molecule is C=C(C)CN(CC)Cc1c(-c2ccccc2)nc2sccn12. The first kappa shape index (κ1) is 15.0. The third-order valence-electron chi connectivity index (χ3n) is 3.72. The maximum Gasteiger partial charge on any atom is 0.194 e. The maximum atomic E-state index is 4.84. The first-order chi connectivity index (χ1) is 10.7. The minimum atomic E-state index is 0.880. The summed E-state index contributed by atoms with van der Waals surface area (Å²) in [6.45, 7) is 11.1.